The number of hydrogen-bond acceptors (Lipinski definition) is 0. The van der Waals surface area contributed by atoms with Crippen LogP contribution in [-0.4, -0.2) is 16.0 Å². The summed E-state index contributed by atoms with van der Waals surface area (Å²) in [6.45, 7) is 10.3. The first kappa shape index (κ1) is 12.9. The maximum Gasteiger partial charge on any atom is -0.0144 e. The van der Waals surface area contributed by atoms with E-state index in [1.807, 2.05) is 0 Å². The molecule has 0 N–H and O–H groups in total. The van der Waals surface area contributed by atoms with Crippen LogP contribution in [0.1, 0.15) is 79.1 Å². The van der Waals surface area contributed by atoms with Crippen LogP contribution >= 0.6 is 7.92 Å². The van der Waals surface area contributed by atoms with Gasteiger partial charge in [0.1, 0.15) is 0 Å². The zero-order valence-corrected chi connectivity index (χ0v) is 12.6. The Bertz CT molecular complexity index is 218. The lowest BCUT2D eigenvalue weighted by Gasteiger charge is -2.47. The van der Waals surface area contributed by atoms with E-state index in [4.69, 9.17) is 0 Å². The molecule has 0 nitrogen and oxygen atoms in total. The van der Waals surface area contributed by atoms with Gasteiger partial charge in [-0.2, -0.15) is 0 Å². The van der Waals surface area contributed by atoms with Crippen LogP contribution in [0.3, 0.4) is 0 Å². The highest BCUT2D eigenvalue weighted by atomic mass is 31.1. The van der Waals surface area contributed by atoms with E-state index >= 15 is 0 Å². The van der Waals surface area contributed by atoms with Crippen molar-refractivity contribution in [3.05, 3.63) is 0 Å². The quantitative estimate of drug-likeness (QED) is 0.528. The maximum atomic E-state index is 2.57. The molecule has 2 rings (SSSR count). The first-order valence-corrected chi connectivity index (χ1v) is 8.64. The Morgan fingerprint density at radius 2 is 1.19 bits per heavy atom. The van der Waals surface area contributed by atoms with Crippen molar-refractivity contribution < 1.29 is 0 Å². The van der Waals surface area contributed by atoms with E-state index < -0.39 is 0 Å². The molecule has 1 heterocycles. The zero-order chi connectivity index (χ0) is 11.8. The Labute approximate surface area is 103 Å². The summed E-state index contributed by atoms with van der Waals surface area (Å²) < 4.78 is 0. The van der Waals surface area contributed by atoms with E-state index in [0.29, 0.717) is 10.3 Å². The summed E-state index contributed by atoms with van der Waals surface area (Å²) in [5.41, 5.74) is 1.10. The lowest BCUT2D eigenvalue weighted by atomic mass is 10.0. The summed E-state index contributed by atoms with van der Waals surface area (Å²) in [7, 11) is 0.214. The minimum Gasteiger partial charge on any atom is -0.0919 e. The maximum absolute atomic E-state index is 2.57. The van der Waals surface area contributed by atoms with Gasteiger partial charge in [-0.1, -0.05) is 61.3 Å². The molecule has 0 radical (unpaired) electrons. The highest BCUT2D eigenvalue weighted by Gasteiger charge is 2.45. The predicted molar refractivity (Wildman–Crippen MR) is 75.8 cm³/mol. The van der Waals surface area contributed by atoms with Gasteiger partial charge in [0.05, 0.1) is 0 Å². The van der Waals surface area contributed by atoms with Gasteiger partial charge in [-0.05, 0) is 41.7 Å². The van der Waals surface area contributed by atoms with Crippen LogP contribution in [0.2, 0.25) is 0 Å². The van der Waals surface area contributed by atoms with Crippen molar-refractivity contribution in [1.82, 2.24) is 0 Å². The Kier molecular flexibility index (Phi) is 3.70. The molecule has 2 fully saturated rings. The summed E-state index contributed by atoms with van der Waals surface area (Å²) in [4.78, 5) is 0. The first-order chi connectivity index (χ1) is 7.43. The first-order valence-electron chi connectivity index (χ1n) is 7.23. The number of hydrogen-bond donors (Lipinski definition) is 0. The second-order valence-electron chi connectivity index (χ2n) is 7.14. The van der Waals surface area contributed by atoms with Crippen LogP contribution in [0.5, 0.6) is 0 Å². The zero-order valence-electron chi connectivity index (χ0n) is 11.7. The smallest absolute Gasteiger partial charge is 0.0144 e. The van der Waals surface area contributed by atoms with E-state index in [2.05, 4.69) is 27.7 Å². The summed E-state index contributed by atoms with van der Waals surface area (Å²) in [6, 6.07) is 0. The van der Waals surface area contributed by atoms with Gasteiger partial charge in [-0.15, -0.1) is 0 Å². The minimum absolute atomic E-state index is 0.214. The third-order valence-corrected chi connectivity index (χ3v) is 9.12. The van der Waals surface area contributed by atoms with Gasteiger partial charge >= 0.3 is 0 Å². The SMILES string of the molecule is CC1(C)CCCCC(C)(C)P1C1CCCC1. The molecule has 0 amide bonds. The molecule has 1 aliphatic carbocycles. The molecule has 1 aliphatic heterocycles. The van der Waals surface area contributed by atoms with Crippen molar-refractivity contribution in [2.75, 3.05) is 0 Å². The molecule has 94 valence electrons. The topological polar surface area (TPSA) is 0 Å². The van der Waals surface area contributed by atoms with Crippen molar-refractivity contribution in [2.45, 2.75) is 95.0 Å². The van der Waals surface area contributed by atoms with Gasteiger partial charge in [0.15, 0.2) is 0 Å². The van der Waals surface area contributed by atoms with Crippen LogP contribution in [-0.2, 0) is 0 Å². The lowest BCUT2D eigenvalue weighted by Crippen LogP contribution is -2.32. The minimum atomic E-state index is 0.214. The van der Waals surface area contributed by atoms with E-state index in [9.17, 15) is 0 Å². The summed E-state index contributed by atoms with van der Waals surface area (Å²) >= 11 is 0. The summed E-state index contributed by atoms with van der Waals surface area (Å²) in [6.07, 6.45) is 12.0. The molecular formula is C15H29P. The van der Waals surface area contributed by atoms with Crippen LogP contribution in [0.25, 0.3) is 0 Å². The van der Waals surface area contributed by atoms with Gasteiger partial charge < -0.3 is 0 Å². The molecule has 0 unspecified atom stereocenters. The van der Waals surface area contributed by atoms with Gasteiger partial charge in [-0.3, -0.25) is 0 Å². The molecule has 1 saturated carbocycles. The third-order valence-electron chi connectivity index (χ3n) is 4.82. The van der Waals surface area contributed by atoms with Gasteiger partial charge in [0.2, 0.25) is 0 Å². The highest BCUT2D eigenvalue weighted by molar-refractivity contribution is 7.61. The lowest BCUT2D eigenvalue weighted by molar-refractivity contribution is 0.563. The Balaban J connectivity index is 2.24. The Morgan fingerprint density at radius 3 is 1.62 bits per heavy atom. The van der Waals surface area contributed by atoms with E-state index in [1.54, 1.807) is 12.8 Å². The van der Waals surface area contributed by atoms with E-state index in [0.717, 1.165) is 5.66 Å². The molecule has 1 heteroatoms. The molecule has 16 heavy (non-hydrogen) atoms. The van der Waals surface area contributed by atoms with Gasteiger partial charge in [0.25, 0.3) is 0 Å². The predicted octanol–water partition coefficient (Wildman–Crippen LogP) is 5.54. The molecule has 0 spiro atoms. The fourth-order valence-electron chi connectivity index (χ4n) is 4.33. The molecule has 0 aromatic rings. The largest absolute Gasteiger partial charge is 0.0919 e. The average molecular weight is 240 g/mol. The van der Waals surface area contributed by atoms with Gasteiger partial charge in [0, 0.05) is 0 Å². The third kappa shape index (κ3) is 2.47. The molecule has 0 atom stereocenters. The molecule has 0 bridgehead atoms. The summed E-state index contributed by atoms with van der Waals surface area (Å²) in [5, 5.41) is 1.29. The summed E-state index contributed by atoms with van der Waals surface area (Å²) in [5.74, 6) is 0. The second kappa shape index (κ2) is 4.60. The molecule has 1 saturated heterocycles. The monoisotopic (exact) mass is 240 g/mol. The van der Waals surface area contributed by atoms with Crippen molar-refractivity contribution in [2.24, 2.45) is 0 Å². The van der Waals surface area contributed by atoms with Crippen LogP contribution in [0, 0.1) is 0 Å². The highest BCUT2D eigenvalue weighted by Crippen LogP contribution is 2.69. The van der Waals surface area contributed by atoms with E-state index in [-0.39, 0.29) is 7.92 Å². The normalized spacial score (nSPS) is 31.5. The van der Waals surface area contributed by atoms with Crippen LogP contribution in [0.4, 0.5) is 0 Å². The molecule has 0 aromatic carbocycles. The van der Waals surface area contributed by atoms with E-state index in [1.165, 1.54) is 38.5 Å². The van der Waals surface area contributed by atoms with Crippen LogP contribution < -0.4 is 0 Å². The van der Waals surface area contributed by atoms with Gasteiger partial charge in [-0.25, -0.2) is 0 Å². The average Bonchev–Trinajstić information content (AvgIpc) is 2.61. The second-order valence-corrected chi connectivity index (χ2v) is 11.0. The molecule has 0 aromatic heterocycles. The fourth-order valence-corrected chi connectivity index (χ4v) is 9.62. The Morgan fingerprint density at radius 1 is 0.750 bits per heavy atom. The Hall–Kier alpha value is 0.430. The number of rotatable bonds is 1. The van der Waals surface area contributed by atoms with Crippen molar-refractivity contribution >= 4 is 7.92 Å². The standard InChI is InChI=1S/C15H29P/c1-14(2)11-7-8-12-15(3,4)16(14)13-9-5-6-10-13/h13H,5-12H2,1-4H3. The van der Waals surface area contributed by atoms with Crippen molar-refractivity contribution in [1.29, 1.82) is 0 Å². The van der Waals surface area contributed by atoms with Crippen molar-refractivity contribution in [3.63, 3.8) is 0 Å². The molecular weight excluding hydrogens is 211 g/mol. The fraction of sp³-hybridized carbons (Fsp3) is 1.00. The molecule has 2 aliphatic rings. The van der Waals surface area contributed by atoms with Crippen molar-refractivity contribution in [3.8, 4) is 0 Å². The van der Waals surface area contributed by atoms with Crippen LogP contribution in [0.15, 0.2) is 0 Å².